The van der Waals surface area contributed by atoms with Gasteiger partial charge >= 0.3 is 0 Å². The van der Waals surface area contributed by atoms with Crippen molar-refractivity contribution < 1.29 is 4.74 Å². The maximum absolute atomic E-state index is 5.16. The van der Waals surface area contributed by atoms with Crippen molar-refractivity contribution in [3.8, 4) is 15.6 Å². The molecule has 0 aliphatic rings. The van der Waals surface area contributed by atoms with Crippen molar-refractivity contribution in [1.82, 2.24) is 15.5 Å². The summed E-state index contributed by atoms with van der Waals surface area (Å²) >= 11 is 3.25. The fourth-order valence-electron chi connectivity index (χ4n) is 1.25. The van der Waals surface area contributed by atoms with Gasteiger partial charge in [0.05, 0.1) is 12.0 Å². The van der Waals surface area contributed by atoms with E-state index in [2.05, 4.69) is 29.4 Å². The van der Waals surface area contributed by atoms with Gasteiger partial charge in [0.15, 0.2) is 5.01 Å². The number of hydrogen-bond donors (Lipinski definition) is 1. The Kier molecular flexibility index (Phi) is 4.09. The molecule has 2 aromatic rings. The zero-order chi connectivity index (χ0) is 12.3. The van der Waals surface area contributed by atoms with Gasteiger partial charge in [-0.15, -0.1) is 21.5 Å². The van der Waals surface area contributed by atoms with E-state index in [1.165, 1.54) is 0 Å². The Morgan fingerprint density at radius 2 is 2.24 bits per heavy atom. The normalized spacial score (nSPS) is 11.1. The zero-order valence-electron chi connectivity index (χ0n) is 10.1. The molecule has 0 radical (unpaired) electrons. The second kappa shape index (κ2) is 5.57. The number of nitrogens with one attached hydrogen (secondary N) is 1. The first-order chi connectivity index (χ1) is 8.19. The van der Waals surface area contributed by atoms with Crippen LogP contribution < -0.4 is 10.1 Å². The van der Waals surface area contributed by atoms with Crippen molar-refractivity contribution >= 4 is 22.7 Å². The molecule has 0 aliphatic heterocycles. The maximum Gasteiger partial charge on any atom is 0.157 e. The molecule has 1 N–H and O–H groups in total. The van der Waals surface area contributed by atoms with Gasteiger partial charge in [-0.05, 0) is 0 Å². The van der Waals surface area contributed by atoms with Crippen LogP contribution in [-0.4, -0.2) is 23.3 Å². The molecular formula is C11H15N3OS2. The van der Waals surface area contributed by atoms with E-state index in [9.17, 15) is 0 Å². The van der Waals surface area contributed by atoms with Gasteiger partial charge in [-0.25, -0.2) is 0 Å². The van der Waals surface area contributed by atoms with Crippen molar-refractivity contribution in [1.29, 1.82) is 0 Å². The number of thiophene rings is 1. The molecule has 0 amide bonds. The standard InChI is InChI=1S/C11H15N3OS2/c1-7(2)12-5-10-13-14-11(17-10)9-4-8(15-3)6-16-9/h4,6-7,12H,5H2,1-3H3. The third-order valence-electron chi connectivity index (χ3n) is 2.15. The lowest BCUT2D eigenvalue weighted by Gasteiger charge is -2.03. The van der Waals surface area contributed by atoms with Gasteiger partial charge in [-0.3, -0.25) is 0 Å². The molecule has 0 bridgehead atoms. The van der Waals surface area contributed by atoms with Crippen molar-refractivity contribution in [3.63, 3.8) is 0 Å². The van der Waals surface area contributed by atoms with Gasteiger partial charge in [0, 0.05) is 24.0 Å². The summed E-state index contributed by atoms with van der Waals surface area (Å²) in [7, 11) is 1.67. The van der Waals surface area contributed by atoms with Gasteiger partial charge in [0.1, 0.15) is 10.8 Å². The molecule has 2 rings (SSSR count). The molecule has 0 unspecified atom stereocenters. The predicted molar refractivity (Wildman–Crippen MR) is 71.7 cm³/mol. The highest BCUT2D eigenvalue weighted by Gasteiger charge is 2.09. The van der Waals surface area contributed by atoms with Crippen molar-refractivity contribution in [2.45, 2.75) is 26.4 Å². The number of aromatic nitrogens is 2. The van der Waals surface area contributed by atoms with E-state index in [1.807, 2.05) is 11.4 Å². The van der Waals surface area contributed by atoms with Crippen LogP contribution in [0.5, 0.6) is 5.75 Å². The van der Waals surface area contributed by atoms with E-state index in [1.54, 1.807) is 29.8 Å². The van der Waals surface area contributed by atoms with Crippen molar-refractivity contribution in [3.05, 3.63) is 16.5 Å². The van der Waals surface area contributed by atoms with Gasteiger partial charge in [0.2, 0.25) is 0 Å². The minimum Gasteiger partial charge on any atom is -0.496 e. The molecule has 0 atom stereocenters. The molecule has 0 spiro atoms. The lowest BCUT2D eigenvalue weighted by Crippen LogP contribution is -2.21. The zero-order valence-corrected chi connectivity index (χ0v) is 11.7. The number of methoxy groups -OCH3 is 1. The van der Waals surface area contributed by atoms with Crippen LogP contribution in [0, 0.1) is 0 Å². The largest absolute Gasteiger partial charge is 0.496 e. The average Bonchev–Trinajstić information content (AvgIpc) is 2.94. The predicted octanol–water partition coefficient (Wildman–Crippen LogP) is 2.77. The smallest absolute Gasteiger partial charge is 0.157 e. The van der Waals surface area contributed by atoms with Gasteiger partial charge in [0.25, 0.3) is 0 Å². The highest BCUT2D eigenvalue weighted by atomic mass is 32.1. The Bertz CT molecular complexity index is 479. The first-order valence-corrected chi connectivity index (χ1v) is 7.07. The van der Waals surface area contributed by atoms with E-state index in [0.717, 1.165) is 27.2 Å². The molecule has 17 heavy (non-hydrogen) atoms. The van der Waals surface area contributed by atoms with Crippen LogP contribution in [0.25, 0.3) is 9.88 Å². The Morgan fingerprint density at radius 3 is 2.88 bits per heavy atom. The first-order valence-electron chi connectivity index (χ1n) is 5.37. The van der Waals surface area contributed by atoms with Crippen LogP contribution in [0.3, 0.4) is 0 Å². The second-order valence-electron chi connectivity index (χ2n) is 3.89. The topological polar surface area (TPSA) is 47.0 Å². The lowest BCUT2D eigenvalue weighted by molar-refractivity contribution is 0.417. The number of rotatable bonds is 5. The van der Waals surface area contributed by atoms with Gasteiger partial charge in [-0.2, -0.15) is 0 Å². The second-order valence-corrected chi connectivity index (χ2v) is 5.86. The number of ether oxygens (including phenoxy) is 1. The third-order valence-corrected chi connectivity index (χ3v) is 4.15. The van der Waals surface area contributed by atoms with E-state index in [0.29, 0.717) is 6.04 Å². The highest BCUT2D eigenvalue weighted by Crippen LogP contribution is 2.32. The van der Waals surface area contributed by atoms with Crippen LogP contribution in [0.4, 0.5) is 0 Å². The first kappa shape index (κ1) is 12.5. The molecule has 2 aromatic heterocycles. The minimum atomic E-state index is 0.462. The van der Waals surface area contributed by atoms with Gasteiger partial charge < -0.3 is 10.1 Å². The minimum absolute atomic E-state index is 0.462. The molecule has 0 aliphatic carbocycles. The Morgan fingerprint density at radius 1 is 1.41 bits per heavy atom. The fourth-order valence-corrected chi connectivity index (χ4v) is 2.96. The molecule has 2 heterocycles. The third kappa shape index (κ3) is 3.24. The highest BCUT2D eigenvalue weighted by molar-refractivity contribution is 7.20. The summed E-state index contributed by atoms with van der Waals surface area (Å²) in [5.41, 5.74) is 0. The van der Waals surface area contributed by atoms with Crippen LogP contribution in [-0.2, 0) is 6.54 Å². The molecule has 0 aromatic carbocycles. The van der Waals surface area contributed by atoms with Crippen LogP contribution >= 0.6 is 22.7 Å². The fraction of sp³-hybridized carbons (Fsp3) is 0.455. The van der Waals surface area contributed by atoms with Crippen molar-refractivity contribution in [2.24, 2.45) is 0 Å². The van der Waals surface area contributed by atoms with Crippen LogP contribution in [0.1, 0.15) is 18.9 Å². The monoisotopic (exact) mass is 269 g/mol. The summed E-state index contributed by atoms with van der Waals surface area (Å²) in [6, 6.07) is 2.45. The molecular weight excluding hydrogens is 254 g/mol. The van der Waals surface area contributed by atoms with Crippen molar-refractivity contribution in [2.75, 3.05) is 7.11 Å². The molecule has 6 heteroatoms. The summed E-state index contributed by atoms with van der Waals surface area (Å²) in [5, 5.41) is 15.6. The lowest BCUT2D eigenvalue weighted by atomic mass is 10.4. The average molecular weight is 269 g/mol. The molecule has 0 saturated heterocycles. The Hall–Kier alpha value is -0.980. The summed E-state index contributed by atoms with van der Waals surface area (Å²) in [5.74, 6) is 0.877. The Balaban J connectivity index is 2.07. The molecule has 0 fully saturated rings. The summed E-state index contributed by atoms with van der Waals surface area (Å²) in [4.78, 5) is 1.11. The molecule has 92 valence electrons. The Labute approximate surface area is 109 Å². The van der Waals surface area contributed by atoms with E-state index < -0.39 is 0 Å². The van der Waals surface area contributed by atoms with Gasteiger partial charge in [-0.1, -0.05) is 25.2 Å². The number of hydrogen-bond acceptors (Lipinski definition) is 6. The van der Waals surface area contributed by atoms with E-state index >= 15 is 0 Å². The maximum atomic E-state index is 5.16. The van der Waals surface area contributed by atoms with Crippen LogP contribution in [0.15, 0.2) is 11.4 Å². The summed E-state index contributed by atoms with van der Waals surface area (Å²) in [6.07, 6.45) is 0. The summed E-state index contributed by atoms with van der Waals surface area (Å²) < 4.78 is 5.16. The summed E-state index contributed by atoms with van der Waals surface area (Å²) in [6.45, 7) is 5.01. The molecule has 4 nitrogen and oxygen atoms in total. The van der Waals surface area contributed by atoms with E-state index in [4.69, 9.17) is 4.74 Å². The SMILES string of the molecule is COc1csc(-c2nnc(CNC(C)C)s2)c1. The van der Waals surface area contributed by atoms with Crippen LogP contribution in [0.2, 0.25) is 0 Å². The molecule has 0 saturated carbocycles. The van der Waals surface area contributed by atoms with E-state index in [-0.39, 0.29) is 0 Å². The quantitative estimate of drug-likeness (QED) is 0.906. The number of nitrogens with zero attached hydrogens (tertiary/aromatic N) is 2.